The van der Waals surface area contributed by atoms with Crippen molar-refractivity contribution in [2.75, 3.05) is 7.05 Å². The highest BCUT2D eigenvalue weighted by Gasteiger charge is 2.12. The maximum atomic E-state index is 12.1. The molecule has 0 aliphatic carbocycles. The maximum Gasteiger partial charge on any atom is 0.258 e. The lowest BCUT2D eigenvalue weighted by molar-refractivity contribution is 0.295. The SMILES string of the molecule is CC(C)c1nc(CN(C)Cc2cc(=O)n3ccccc3n2)no1. The van der Waals surface area contributed by atoms with E-state index in [0.29, 0.717) is 30.5 Å². The molecule has 0 amide bonds. The van der Waals surface area contributed by atoms with Crippen LogP contribution in [-0.4, -0.2) is 31.5 Å². The Morgan fingerprint density at radius 2 is 2.09 bits per heavy atom. The Hall–Kier alpha value is -2.54. The number of hydrogen-bond donors (Lipinski definition) is 0. The number of rotatable bonds is 5. The normalized spacial score (nSPS) is 11.7. The van der Waals surface area contributed by atoms with E-state index in [1.807, 2.05) is 44.0 Å². The van der Waals surface area contributed by atoms with Crippen molar-refractivity contribution in [2.24, 2.45) is 0 Å². The molecule has 0 saturated heterocycles. The van der Waals surface area contributed by atoms with Crippen LogP contribution in [0.5, 0.6) is 0 Å². The predicted molar refractivity (Wildman–Crippen MR) is 85.0 cm³/mol. The molecule has 3 aromatic heterocycles. The van der Waals surface area contributed by atoms with Crippen LogP contribution in [0.25, 0.3) is 5.65 Å². The molecule has 0 saturated carbocycles. The van der Waals surface area contributed by atoms with Gasteiger partial charge in [0.25, 0.3) is 5.56 Å². The minimum Gasteiger partial charge on any atom is -0.339 e. The van der Waals surface area contributed by atoms with E-state index in [2.05, 4.69) is 15.1 Å². The summed E-state index contributed by atoms with van der Waals surface area (Å²) in [6, 6.07) is 7.05. The van der Waals surface area contributed by atoms with Gasteiger partial charge in [-0.15, -0.1) is 0 Å². The Kier molecular flexibility index (Phi) is 4.20. The summed E-state index contributed by atoms with van der Waals surface area (Å²) in [5.74, 6) is 1.48. The van der Waals surface area contributed by atoms with E-state index in [1.165, 1.54) is 4.40 Å². The molecule has 3 rings (SSSR count). The first-order valence-corrected chi connectivity index (χ1v) is 7.51. The van der Waals surface area contributed by atoms with Gasteiger partial charge < -0.3 is 4.52 Å². The van der Waals surface area contributed by atoms with Gasteiger partial charge in [0.2, 0.25) is 5.89 Å². The Bertz CT molecular complexity index is 868. The van der Waals surface area contributed by atoms with E-state index < -0.39 is 0 Å². The minimum absolute atomic E-state index is 0.0827. The molecule has 0 bridgehead atoms. The fraction of sp³-hybridized carbons (Fsp3) is 0.375. The van der Waals surface area contributed by atoms with Crippen LogP contribution in [-0.2, 0) is 13.1 Å². The average Bonchev–Trinajstić information content (AvgIpc) is 2.96. The zero-order chi connectivity index (χ0) is 16.4. The molecule has 0 unspecified atom stereocenters. The summed E-state index contributed by atoms with van der Waals surface area (Å²) in [6.07, 6.45) is 1.71. The molecule has 0 aromatic carbocycles. The molecule has 7 nitrogen and oxygen atoms in total. The van der Waals surface area contributed by atoms with Crippen LogP contribution < -0.4 is 5.56 Å². The third-order valence-corrected chi connectivity index (χ3v) is 3.44. The fourth-order valence-electron chi connectivity index (χ4n) is 2.32. The van der Waals surface area contributed by atoms with Gasteiger partial charge in [-0.25, -0.2) is 4.98 Å². The van der Waals surface area contributed by atoms with Crippen LogP contribution in [0.3, 0.4) is 0 Å². The average molecular weight is 313 g/mol. The van der Waals surface area contributed by atoms with E-state index >= 15 is 0 Å². The lowest BCUT2D eigenvalue weighted by atomic mass is 10.2. The molecule has 7 heteroatoms. The molecule has 23 heavy (non-hydrogen) atoms. The summed E-state index contributed by atoms with van der Waals surface area (Å²) in [6.45, 7) is 5.08. The molecular formula is C16H19N5O2. The number of pyridine rings is 1. The molecule has 0 radical (unpaired) electrons. The van der Waals surface area contributed by atoms with Gasteiger partial charge in [0.15, 0.2) is 5.82 Å². The van der Waals surface area contributed by atoms with Gasteiger partial charge >= 0.3 is 0 Å². The fourth-order valence-corrected chi connectivity index (χ4v) is 2.32. The summed E-state index contributed by atoms with van der Waals surface area (Å²) in [5.41, 5.74) is 1.28. The standard InChI is InChI=1S/C16H19N5O2/c1-11(2)16-18-13(19-23-16)10-20(3)9-12-8-15(22)21-7-5-4-6-14(21)17-12/h4-8,11H,9-10H2,1-3H3. The molecule has 3 heterocycles. The third-order valence-electron chi connectivity index (χ3n) is 3.44. The lowest BCUT2D eigenvalue weighted by Gasteiger charge is -2.14. The topological polar surface area (TPSA) is 76.5 Å². The van der Waals surface area contributed by atoms with Gasteiger partial charge in [-0.2, -0.15) is 4.98 Å². The van der Waals surface area contributed by atoms with Crippen molar-refractivity contribution in [3.8, 4) is 0 Å². The summed E-state index contributed by atoms with van der Waals surface area (Å²) in [7, 11) is 1.93. The third kappa shape index (κ3) is 3.45. The highest BCUT2D eigenvalue weighted by Crippen LogP contribution is 2.12. The van der Waals surface area contributed by atoms with Crippen molar-refractivity contribution in [2.45, 2.75) is 32.9 Å². The van der Waals surface area contributed by atoms with E-state index in [9.17, 15) is 4.79 Å². The maximum absolute atomic E-state index is 12.1. The second kappa shape index (κ2) is 6.29. The molecule has 0 aliphatic heterocycles. The Morgan fingerprint density at radius 1 is 1.26 bits per heavy atom. The van der Waals surface area contributed by atoms with Crippen molar-refractivity contribution in [1.29, 1.82) is 0 Å². The molecule has 120 valence electrons. The van der Waals surface area contributed by atoms with Gasteiger partial charge in [0.05, 0.1) is 12.2 Å². The smallest absolute Gasteiger partial charge is 0.258 e. The second-order valence-electron chi connectivity index (χ2n) is 5.89. The van der Waals surface area contributed by atoms with Crippen LogP contribution >= 0.6 is 0 Å². The first kappa shape index (κ1) is 15.4. The van der Waals surface area contributed by atoms with Crippen LogP contribution in [0, 0.1) is 0 Å². The summed E-state index contributed by atoms with van der Waals surface area (Å²) in [4.78, 5) is 22.9. The van der Waals surface area contributed by atoms with Crippen molar-refractivity contribution >= 4 is 5.65 Å². The van der Waals surface area contributed by atoms with Gasteiger partial charge in [-0.3, -0.25) is 14.1 Å². The largest absolute Gasteiger partial charge is 0.339 e. The number of aromatic nitrogens is 4. The monoisotopic (exact) mass is 313 g/mol. The number of fused-ring (bicyclic) bond motifs is 1. The molecule has 0 fully saturated rings. The molecule has 0 N–H and O–H groups in total. The lowest BCUT2D eigenvalue weighted by Crippen LogP contribution is -2.22. The van der Waals surface area contributed by atoms with Gasteiger partial charge in [-0.05, 0) is 19.2 Å². The van der Waals surface area contributed by atoms with Gasteiger partial charge in [-0.1, -0.05) is 25.1 Å². The van der Waals surface area contributed by atoms with Crippen molar-refractivity contribution in [3.05, 3.63) is 58.2 Å². The number of nitrogens with zero attached hydrogens (tertiary/aromatic N) is 5. The first-order chi connectivity index (χ1) is 11.0. The summed E-state index contributed by atoms with van der Waals surface area (Å²) < 4.78 is 6.72. The van der Waals surface area contributed by atoms with E-state index in [1.54, 1.807) is 12.3 Å². The first-order valence-electron chi connectivity index (χ1n) is 7.51. The predicted octanol–water partition coefficient (Wildman–Crippen LogP) is 1.83. The number of hydrogen-bond acceptors (Lipinski definition) is 6. The molecule has 0 spiro atoms. The van der Waals surface area contributed by atoms with Crippen molar-refractivity contribution in [3.63, 3.8) is 0 Å². The van der Waals surface area contributed by atoms with E-state index in [-0.39, 0.29) is 11.5 Å². The molecular weight excluding hydrogens is 294 g/mol. The Balaban J connectivity index is 1.74. The highest BCUT2D eigenvalue weighted by molar-refractivity contribution is 5.37. The zero-order valence-electron chi connectivity index (χ0n) is 13.4. The quantitative estimate of drug-likeness (QED) is 0.715. The minimum atomic E-state index is -0.0827. The van der Waals surface area contributed by atoms with E-state index in [0.717, 1.165) is 5.69 Å². The van der Waals surface area contributed by atoms with Crippen molar-refractivity contribution < 1.29 is 4.52 Å². The summed E-state index contributed by atoms with van der Waals surface area (Å²) in [5, 5.41) is 3.97. The highest BCUT2D eigenvalue weighted by atomic mass is 16.5. The molecule has 3 aromatic rings. The summed E-state index contributed by atoms with van der Waals surface area (Å²) >= 11 is 0. The second-order valence-corrected chi connectivity index (χ2v) is 5.89. The van der Waals surface area contributed by atoms with Gasteiger partial charge in [0.1, 0.15) is 5.65 Å². The Morgan fingerprint density at radius 3 is 2.83 bits per heavy atom. The van der Waals surface area contributed by atoms with Crippen LogP contribution in [0.15, 0.2) is 39.8 Å². The Labute approximate surface area is 133 Å². The van der Waals surface area contributed by atoms with Crippen molar-refractivity contribution in [1.82, 2.24) is 24.4 Å². The van der Waals surface area contributed by atoms with Crippen LogP contribution in [0.4, 0.5) is 0 Å². The zero-order valence-corrected chi connectivity index (χ0v) is 13.4. The van der Waals surface area contributed by atoms with Crippen LogP contribution in [0.2, 0.25) is 0 Å². The van der Waals surface area contributed by atoms with E-state index in [4.69, 9.17) is 4.52 Å². The van der Waals surface area contributed by atoms with Crippen LogP contribution in [0.1, 0.15) is 37.2 Å². The molecule has 0 aliphatic rings. The molecule has 0 atom stereocenters. The van der Waals surface area contributed by atoms with Gasteiger partial charge in [0, 0.05) is 24.7 Å².